The summed E-state index contributed by atoms with van der Waals surface area (Å²) in [7, 11) is 1.50. The number of ether oxygens (including phenoxy) is 1. The topological polar surface area (TPSA) is 105 Å². The van der Waals surface area contributed by atoms with Crippen LogP contribution in [0.5, 0.6) is 5.75 Å². The molecule has 0 saturated heterocycles. The molecule has 1 aromatic rings. The van der Waals surface area contributed by atoms with Gasteiger partial charge in [0.1, 0.15) is 5.75 Å². The summed E-state index contributed by atoms with van der Waals surface area (Å²) in [5.74, 6) is -1.23. The first-order valence-corrected chi connectivity index (χ1v) is 7.81. The fraction of sp³-hybridized carbons (Fsp3) is 0.471. The number of amides is 2. The molecule has 1 aromatic carbocycles. The monoisotopic (exact) mass is 336 g/mol. The maximum atomic E-state index is 12.0. The van der Waals surface area contributed by atoms with Crippen molar-refractivity contribution >= 4 is 17.8 Å². The number of carbonyl (C=O) groups is 3. The third kappa shape index (κ3) is 4.97. The minimum Gasteiger partial charge on any atom is -0.497 e. The maximum Gasteiger partial charge on any atom is 0.311 e. The van der Waals surface area contributed by atoms with Crippen LogP contribution in [0.3, 0.4) is 0 Å². The van der Waals surface area contributed by atoms with Gasteiger partial charge >= 0.3 is 5.97 Å². The molecule has 1 rings (SSSR count). The molecule has 7 heteroatoms. The van der Waals surface area contributed by atoms with Crippen LogP contribution >= 0.6 is 0 Å². The number of carboxylic acid groups (broad SMARTS) is 1. The molecule has 0 radical (unpaired) electrons. The fourth-order valence-corrected chi connectivity index (χ4v) is 2.24. The van der Waals surface area contributed by atoms with Gasteiger partial charge in [-0.2, -0.15) is 0 Å². The first-order valence-electron chi connectivity index (χ1n) is 7.81. The zero-order chi connectivity index (χ0) is 18.2. The van der Waals surface area contributed by atoms with Gasteiger partial charge in [-0.3, -0.25) is 14.4 Å². The number of hydrogen-bond donors (Lipinski definition) is 3. The molecular weight excluding hydrogens is 312 g/mol. The van der Waals surface area contributed by atoms with Crippen LogP contribution in [0.1, 0.15) is 37.0 Å². The molecule has 0 unspecified atom stereocenters. The van der Waals surface area contributed by atoms with Gasteiger partial charge in [0.15, 0.2) is 0 Å². The Morgan fingerprint density at radius 3 is 2.38 bits per heavy atom. The molecule has 24 heavy (non-hydrogen) atoms. The summed E-state index contributed by atoms with van der Waals surface area (Å²) in [5.41, 5.74) is -0.601. The van der Waals surface area contributed by atoms with E-state index < -0.39 is 23.2 Å². The molecule has 0 atom stereocenters. The number of carboxylic acids is 1. The zero-order valence-electron chi connectivity index (χ0n) is 14.2. The molecule has 2 amide bonds. The van der Waals surface area contributed by atoms with Gasteiger partial charge in [0.2, 0.25) is 5.91 Å². The van der Waals surface area contributed by atoms with Crippen molar-refractivity contribution in [2.75, 3.05) is 20.2 Å². The van der Waals surface area contributed by atoms with Crippen molar-refractivity contribution in [3.05, 3.63) is 29.8 Å². The van der Waals surface area contributed by atoms with E-state index in [1.807, 2.05) is 0 Å². The Kier molecular flexibility index (Phi) is 7.23. The van der Waals surface area contributed by atoms with E-state index >= 15 is 0 Å². The second-order valence-corrected chi connectivity index (χ2v) is 5.48. The predicted molar refractivity (Wildman–Crippen MR) is 89.0 cm³/mol. The molecule has 0 aromatic heterocycles. The quantitative estimate of drug-likeness (QED) is 0.633. The second-order valence-electron chi connectivity index (χ2n) is 5.48. The van der Waals surface area contributed by atoms with Crippen molar-refractivity contribution in [1.29, 1.82) is 0 Å². The van der Waals surface area contributed by atoms with E-state index in [0.29, 0.717) is 24.2 Å². The molecule has 132 valence electrons. The summed E-state index contributed by atoms with van der Waals surface area (Å²) in [4.78, 5) is 35.2. The highest BCUT2D eigenvalue weighted by atomic mass is 16.5. The van der Waals surface area contributed by atoms with Crippen molar-refractivity contribution in [3.63, 3.8) is 0 Å². The van der Waals surface area contributed by atoms with E-state index in [1.165, 1.54) is 7.11 Å². The first-order chi connectivity index (χ1) is 11.4. The van der Waals surface area contributed by atoms with Crippen LogP contribution < -0.4 is 15.4 Å². The van der Waals surface area contributed by atoms with Crippen molar-refractivity contribution in [3.8, 4) is 5.75 Å². The maximum absolute atomic E-state index is 12.0. The van der Waals surface area contributed by atoms with Crippen LogP contribution in [-0.4, -0.2) is 43.1 Å². The van der Waals surface area contributed by atoms with Crippen molar-refractivity contribution in [2.24, 2.45) is 5.41 Å². The fourth-order valence-electron chi connectivity index (χ4n) is 2.24. The van der Waals surface area contributed by atoms with Crippen molar-refractivity contribution in [1.82, 2.24) is 10.6 Å². The van der Waals surface area contributed by atoms with E-state index in [0.717, 1.165) is 0 Å². The molecule has 0 fully saturated rings. The number of benzene rings is 1. The lowest BCUT2D eigenvalue weighted by Crippen LogP contribution is -2.45. The summed E-state index contributed by atoms with van der Waals surface area (Å²) >= 11 is 0. The summed E-state index contributed by atoms with van der Waals surface area (Å²) in [6.07, 6.45) is 0.824. The molecular formula is C17H24N2O5. The standard InChI is InChI=1S/C17H24N2O5/c1-4-17(5-2,16(22)23)11-19-14(20)10-18-15(21)12-7-6-8-13(9-12)24-3/h6-9H,4-5,10-11H2,1-3H3,(H,18,21)(H,19,20)(H,22,23). The highest BCUT2D eigenvalue weighted by Gasteiger charge is 2.35. The molecule has 0 aliphatic rings. The first kappa shape index (κ1) is 19.5. The molecule has 3 N–H and O–H groups in total. The number of hydrogen-bond acceptors (Lipinski definition) is 4. The van der Waals surface area contributed by atoms with E-state index in [1.54, 1.807) is 38.1 Å². The van der Waals surface area contributed by atoms with Gasteiger partial charge in [0, 0.05) is 12.1 Å². The van der Waals surface area contributed by atoms with Crippen LogP contribution in [0.2, 0.25) is 0 Å². The van der Waals surface area contributed by atoms with Crippen LogP contribution in [-0.2, 0) is 9.59 Å². The highest BCUT2D eigenvalue weighted by Crippen LogP contribution is 2.25. The molecule has 0 aliphatic carbocycles. The summed E-state index contributed by atoms with van der Waals surface area (Å²) in [6.45, 7) is 3.35. The molecule has 0 bridgehead atoms. The summed E-state index contributed by atoms with van der Waals surface area (Å²) in [6, 6.07) is 6.57. The molecule has 0 spiro atoms. The van der Waals surface area contributed by atoms with Gasteiger partial charge in [-0.25, -0.2) is 0 Å². The van der Waals surface area contributed by atoms with Crippen molar-refractivity contribution in [2.45, 2.75) is 26.7 Å². The summed E-state index contributed by atoms with van der Waals surface area (Å²) in [5, 5.41) is 14.4. The van der Waals surface area contributed by atoms with Crippen LogP contribution in [0.4, 0.5) is 0 Å². The van der Waals surface area contributed by atoms with Gasteiger partial charge in [-0.1, -0.05) is 19.9 Å². The molecule has 0 aliphatic heterocycles. The zero-order valence-corrected chi connectivity index (χ0v) is 14.2. The van der Waals surface area contributed by atoms with Crippen LogP contribution in [0.25, 0.3) is 0 Å². The Labute approximate surface area is 141 Å². The van der Waals surface area contributed by atoms with E-state index in [2.05, 4.69) is 10.6 Å². The molecule has 7 nitrogen and oxygen atoms in total. The van der Waals surface area contributed by atoms with Gasteiger partial charge in [0.25, 0.3) is 5.91 Å². The average Bonchev–Trinajstić information content (AvgIpc) is 2.60. The number of rotatable bonds is 9. The number of carbonyl (C=O) groups excluding carboxylic acids is 2. The third-order valence-corrected chi connectivity index (χ3v) is 4.17. The number of methoxy groups -OCH3 is 1. The van der Waals surface area contributed by atoms with E-state index in [9.17, 15) is 19.5 Å². The Hall–Kier alpha value is -2.57. The normalized spacial score (nSPS) is 10.8. The Morgan fingerprint density at radius 1 is 1.17 bits per heavy atom. The van der Waals surface area contributed by atoms with Crippen LogP contribution in [0.15, 0.2) is 24.3 Å². The second kappa shape index (κ2) is 8.90. The van der Waals surface area contributed by atoms with E-state index in [-0.39, 0.29) is 13.1 Å². The Balaban J connectivity index is 2.54. The lowest BCUT2D eigenvalue weighted by molar-refractivity contribution is -0.149. The number of nitrogens with one attached hydrogen (secondary N) is 2. The van der Waals surface area contributed by atoms with Crippen LogP contribution in [0, 0.1) is 5.41 Å². The minimum absolute atomic E-state index is 0.0309. The molecule has 0 saturated carbocycles. The Morgan fingerprint density at radius 2 is 1.83 bits per heavy atom. The highest BCUT2D eigenvalue weighted by molar-refractivity contribution is 5.96. The Bertz CT molecular complexity index is 596. The van der Waals surface area contributed by atoms with Gasteiger partial charge in [-0.05, 0) is 31.0 Å². The SMILES string of the molecule is CCC(CC)(CNC(=O)CNC(=O)c1cccc(OC)c1)C(=O)O. The lowest BCUT2D eigenvalue weighted by Gasteiger charge is -2.26. The predicted octanol–water partition coefficient (Wildman–Crippen LogP) is 1.43. The summed E-state index contributed by atoms with van der Waals surface area (Å²) < 4.78 is 5.04. The van der Waals surface area contributed by atoms with Gasteiger partial charge in [0.05, 0.1) is 19.1 Å². The van der Waals surface area contributed by atoms with Gasteiger partial charge in [-0.15, -0.1) is 0 Å². The molecule has 0 heterocycles. The lowest BCUT2D eigenvalue weighted by atomic mass is 9.82. The smallest absolute Gasteiger partial charge is 0.311 e. The van der Waals surface area contributed by atoms with E-state index in [4.69, 9.17) is 4.74 Å². The van der Waals surface area contributed by atoms with Gasteiger partial charge < -0.3 is 20.5 Å². The third-order valence-electron chi connectivity index (χ3n) is 4.17. The average molecular weight is 336 g/mol. The largest absolute Gasteiger partial charge is 0.497 e. The number of aliphatic carboxylic acids is 1. The van der Waals surface area contributed by atoms with Crippen molar-refractivity contribution < 1.29 is 24.2 Å². The minimum atomic E-state index is -0.980.